The normalized spacial score (nSPS) is 23.1. The molecule has 0 aromatic carbocycles. The second kappa shape index (κ2) is 7.60. The molecule has 0 radical (unpaired) electrons. The van der Waals surface area contributed by atoms with Crippen LogP contribution in [0.2, 0.25) is 0 Å². The van der Waals surface area contributed by atoms with Crippen molar-refractivity contribution in [1.82, 2.24) is 10.3 Å². The molecule has 1 aromatic heterocycles. The lowest BCUT2D eigenvalue weighted by atomic mass is 10.1. The molecule has 1 aromatic rings. The van der Waals surface area contributed by atoms with Crippen LogP contribution < -0.4 is 10.2 Å². The monoisotopic (exact) mass is 277 g/mol. The molecule has 1 aliphatic rings. The molecule has 4 nitrogen and oxygen atoms in total. The highest BCUT2D eigenvalue weighted by Gasteiger charge is 2.27. The molecule has 0 spiro atoms. The number of hydrogen-bond donors (Lipinski definition) is 1. The minimum atomic E-state index is 0.287. The minimum absolute atomic E-state index is 0.287. The molecule has 1 aliphatic heterocycles. The maximum Gasteiger partial charge on any atom is 0.0723 e. The predicted molar refractivity (Wildman–Crippen MR) is 83.1 cm³/mol. The fourth-order valence-corrected chi connectivity index (χ4v) is 2.70. The van der Waals surface area contributed by atoms with Crippen LogP contribution in [0.25, 0.3) is 0 Å². The molecule has 1 saturated heterocycles. The van der Waals surface area contributed by atoms with E-state index in [1.807, 2.05) is 12.4 Å². The van der Waals surface area contributed by atoms with E-state index in [-0.39, 0.29) is 6.10 Å². The lowest BCUT2D eigenvalue weighted by molar-refractivity contribution is 0.0298. The van der Waals surface area contributed by atoms with Crippen molar-refractivity contribution in [1.29, 1.82) is 0 Å². The van der Waals surface area contributed by atoms with Gasteiger partial charge in [-0.15, -0.1) is 0 Å². The first-order valence-corrected chi connectivity index (χ1v) is 7.78. The second-order valence-corrected chi connectivity index (χ2v) is 5.54. The van der Waals surface area contributed by atoms with Gasteiger partial charge in [0.2, 0.25) is 0 Å². The molecule has 2 unspecified atom stereocenters. The van der Waals surface area contributed by atoms with E-state index >= 15 is 0 Å². The van der Waals surface area contributed by atoms with Crippen LogP contribution in [0.1, 0.15) is 39.2 Å². The number of rotatable bonds is 6. The van der Waals surface area contributed by atoms with Crippen molar-refractivity contribution in [3.63, 3.8) is 0 Å². The van der Waals surface area contributed by atoms with Crippen molar-refractivity contribution in [2.45, 2.75) is 52.3 Å². The zero-order chi connectivity index (χ0) is 14.4. The van der Waals surface area contributed by atoms with Crippen molar-refractivity contribution in [2.24, 2.45) is 0 Å². The molecule has 2 atom stereocenters. The third kappa shape index (κ3) is 3.70. The van der Waals surface area contributed by atoms with Gasteiger partial charge in [0.15, 0.2) is 0 Å². The first kappa shape index (κ1) is 15.3. The van der Waals surface area contributed by atoms with Gasteiger partial charge in [0, 0.05) is 19.3 Å². The second-order valence-electron chi connectivity index (χ2n) is 5.54. The average molecular weight is 277 g/mol. The van der Waals surface area contributed by atoms with Gasteiger partial charge in [-0.1, -0.05) is 13.8 Å². The van der Waals surface area contributed by atoms with Gasteiger partial charge in [-0.2, -0.15) is 0 Å². The molecule has 0 saturated carbocycles. The summed E-state index contributed by atoms with van der Waals surface area (Å²) in [7, 11) is 0. The molecule has 1 N–H and O–H groups in total. The summed E-state index contributed by atoms with van der Waals surface area (Å²) < 4.78 is 5.79. The molecular weight excluding hydrogens is 250 g/mol. The largest absolute Gasteiger partial charge is 0.375 e. The van der Waals surface area contributed by atoms with Crippen LogP contribution in [0.3, 0.4) is 0 Å². The fourth-order valence-electron chi connectivity index (χ4n) is 2.70. The molecule has 2 heterocycles. The van der Waals surface area contributed by atoms with Gasteiger partial charge in [-0.3, -0.25) is 4.98 Å². The predicted octanol–water partition coefficient (Wildman–Crippen LogP) is 2.58. The summed E-state index contributed by atoms with van der Waals surface area (Å²) in [5.74, 6) is 0. The standard InChI is InChI=1S/C16H27N3O/c1-4-7-17-9-14-6-8-18-10-16(14)19-11-13(3)20-12-15(19)5-2/h6,8,10,13,15,17H,4-5,7,9,11-12H2,1-3H3. The summed E-state index contributed by atoms with van der Waals surface area (Å²) in [6, 6.07) is 2.59. The fraction of sp³-hybridized carbons (Fsp3) is 0.688. The van der Waals surface area contributed by atoms with E-state index < -0.39 is 0 Å². The maximum atomic E-state index is 5.79. The summed E-state index contributed by atoms with van der Waals surface area (Å²) in [5.41, 5.74) is 2.60. The van der Waals surface area contributed by atoms with Gasteiger partial charge in [0.05, 0.1) is 30.6 Å². The van der Waals surface area contributed by atoms with E-state index in [1.165, 1.54) is 11.3 Å². The van der Waals surface area contributed by atoms with Gasteiger partial charge in [-0.25, -0.2) is 0 Å². The highest BCUT2D eigenvalue weighted by molar-refractivity contribution is 5.53. The zero-order valence-electron chi connectivity index (χ0n) is 12.9. The smallest absolute Gasteiger partial charge is 0.0723 e. The molecule has 0 bridgehead atoms. The molecule has 112 valence electrons. The Bertz CT molecular complexity index is 410. The maximum absolute atomic E-state index is 5.79. The van der Waals surface area contributed by atoms with Crippen LogP contribution in [-0.4, -0.2) is 36.8 Å². The van der Waals surface area contributed by atoms with Crippen LogP contribution in [0.15, 0.2) is 18.5 Å². The number of nitrogens with zero attached hydrogens (tertiary/aromatic N) is 2. The lowest BCUT2D eigenvalue weighted by Gasteiger charge is -2.40. The van der Waals surface area contributed by atoms with Crippen LogP contribution in [0.4, 0.5) is 5.69 Å². The third-order valence-electron chi connectivity index (χ3n) is 3.88. The summed E-state index contributed by atoms with van der Waals surface area (Å²) >= 11 is 0. The Hall–Kier alpha value is -1.13. The number of pyridine rings is 1. The van der Waals surface area contributed by atoms with E-state index in [0.29, 0.717) is 6.04 Å². The summed E-state index contributed by atoms with van der Waals surface area (Å²) in [4.78, 5) is 6.81. The average Bonchev–Trinajstić information content (AvgIpc) is 2.48. The highest BCUT2D eigenvalue weighted by Crippen LogP contribution is 2.26. The Morgan fingerprint density at radius 2 is 2.30 bits per heavy atom. The molecule has 20 heavy (non-hydrogen) atoms. The Kier molecular flexibility index (Phi) is 5.80. The molecule has 0 amide bonds. The van der Waals surface area contributed by atoms with E-state index in [4.69, 9.17) is 4.74 Å². The SMILES string of the molecule is CCCNCc1ccncc1N1CC(C)OCC1CC. The topological polar surface area (TPSA) is 37.4 Å². The number of nitrogens with one attached hydrogen (secondary N) is 1. The van der Waals surface area contributed by atoms with Crippen molar-refractivity contribution in [2.75, 3.05) is 24.6 Å². The van der Waals surface area contributed by atoms with Gasteiger partial charge < -0.3 is 15.0 Å². The Labute approximate surface area is 122 Å². The van der Waals surface area contributed by atoms with Crippen molar-refractivity contribution < 1.29 is 4.74 Å². The molecule has 4 heteroatoms. The first-order chi connectivity index (χ1) is 9.76. The van der Waals surface area contributed by atoms with Gasteiger partial charge in [0.1, 0.15) is 0 Å². The lowest BCUT2D eigenvalue weighted by Crippen LogP contribution is -2.49. The molecular formula is C16H27N3O. The highest BCUT2D eigenvalue weighted by atomic mass is 16.5. The summed E-state index contributed by atoms with van der Waals surface area (Å²) in [6.45, 7) is 10.3. The molecule has 2 rings (SSSR count). The molecule has 0 aliphatic carbocycles. The first-order valence-electron chi connectivity index (χ1n) is 7.78. The zero-order valence-corrected chi connectivity index (χ0v) is 12.9. The van der Waals surface area contributed by atoms with E-state index in [2.05, 4.69) is 42.0 Å². The van der Waals surface area contributed by atoms with Gasteiger partial charge in [-0.05, 0) is 37.9 Å². The number of ether oxygens (including phenoxy) is 1. The Morgan fingerprint density at radius 3 is 3.05 bits per heavy atom. The quantitative estimate of drug-likeness (QED) is 0.811. The summed E-state index contributed by atoms with van der Waals surface area (Å²) in [5, 5.41) is 3.49. The van der Waals surface area contributed by atoms with Gasteiger partial charge in [0.25, 0.3) is 0 Å². The minimum Gasteiger partial charge on any atom is -0.375 e. The number of hydrogen-bond acceptors (Lipinski definition) is 4. The van der Waals surface area contributed by atoms with Crippen molar-refractivity contribution in [3.05, 3.63) is 24.0 Å². The summed E-state index contributed by atoms with van der Waals surface area (Å²) in [6.07, 6.45) is 6.44. The van der Waals surface area contributed by atoms with E-state index in [0.717, 1.165) is 39.1 Å². The Morgan fingerprint density at radius 1 is 1.45 bits per heavy atom. The van der Waals surface area contributed by atoms with Crippen LogP contribution in [0.5, 0.6) is 0 Å². The van der Waals surface area contributed by atoms with Crippen molar-refractivity contribution in [3.8, 4) is 0 Å². The van der Waals surface area contributed by atoms with Gasteiger partial charge >= 0.3 is 0 Å². The number of anilines is 1. The van der Waals surface area contributed by atoms with Crippen LogP contribution in [0, 0.1) is 0 Å². The van der Waals surface area contributed by atoms with E-state index in [9.17, 15) is 0 Å². The van der Waals surface area contributed by atoms with Crippen molar-refractivity contribution >= 4 is 5.69 Å². The van der Waals surface area contributed by atoms with Crippen LogP contribution in [-0.2, 0) is 11.3 Å². The third-order valence-corrected chi connectivity index (χ3v) is 3.88. The number of morpholine rings is 1. The van der Waals surface area contributed by atoms with Crippen LogP contribution >= 0.6 is 0 Å². The number of aromatic nitrogens is 1. The van der Waals surface area contributed by atoms with E-state index in [1.54, 1.807) is 0 Å². The molecule has 1 fully saturated rings. The Balaban J connectivity index is 2.16.